The van der Waals surface area contributed by atoms with Crippen molar-refractivity contribution in [2.75, 3.05) is 4.31 Å². The number of hydrogen-bond donors (Lipinski definition) is 1. The second kappa shape index (κ2) is 9.62. The van der Waals surface area contributed by atoms with Crippen LogP contribution in [0.3, 0.4) is 0 Å². The first-order chi connectivity index (χ1) is 16.6. The molecule has 0 spiro atoms. The molecule has 0 amide bonds. The number of hydrogen-bond acceptors (Lipinski definition) is 8. The molecule has 0 atom stereocenters. The van der Waals surface area contributed by atoms with Gasteiger partial charge in [0.05, 0.1) is 11.3 Å². The van der Waals surface area contributed by atoms with Crippen molar-refractivity contribution in [2.24, 2.45) is 0 Å². The summed E-state index contributed by atoms with van der Waals surface area (Å²) in [5.41, 5.74) is 0.370. The monoisotopic (exact) mass is 524 g/mol. The minimum absolute atomic E-state index is 0.0208. The number of nitrogens with zero attached hydrogens (tertiary/aromatic N) is 5. The number of rotatable bonds is 8. The molecule has 184 valence electrons. The van der Waals surface area contributed by atoms with Gasteiger partial charge in [-0.1, -0.05) is 24.3 Å². The summed E-state index contributed by atoms with van der Waals surface area (Å²) in [4.78, 5) is 3.88. The number of benzene rings is 2. The molecule has 4 rings (SSSR count). The first-order valence-corrected chi connectivity index (χ1v) is 12.5. The van der Waals surface area contributed by atoms with Crippen LogP contribution in [0.1, 0.15) is 25.0 Å². The molecule has 0 radical (unpaired) electrons. The van der Waals surface area contributed by atoms with E-state index in [-0.39, 0.29) is 22.4 Å². The third kappa shape index (κ3) is 5.27. The van der Waals surface area contributed by atoms with Crippen molar-refractivity contribution in [3.05, 3.63) is 65.2 Å². The number of nitrogens with one attached hydrogen (secondary N) is 1. The second-order valence-corrected chi connectivity index (χ2v) is 10.5. The Kier molecular flexibility index (Phi) is 6.76. The van der Waals surface area contributed by atoms with Crippen LogP contribution in [-0.4, -0.2) is 40.1 Å². The minimum atomic E-state index is -4.64. The standard InChI is InChI=1S/C21H19F3N6O3S2/c1-13(2)30(35(31,32)20-25-9-10-34-20)17-8-7-16(21(22,23)24)11-18(17)33-12-14-3-5-15(6-4-14)19-26-28-29-27-19/h3-11,13H,12H2,1-2H3,(H,26,27,28,29). The van der Waals surface area contributed by atoms with Gasteiger partial charge in [0.15, 0.2) is 5.82 Å². The van der Waals surface area contributed by atoms with Gasteiger partial charge >= 0.3 is 6.18 Å². The number of alkyl halides is 3. The normalized spacial score (nSPS) is 12.2. The first-order valence-electron chi connectivity index (χ1n) is 10.2. The highest BCUT2D eigenvalue weighted by molar-refractivity contribution is 7.94. The van der Waals surface area contributed by atoms with Crippen LogP contribution < -0.4 is 9.04 Å². The van der Waals surface area contributed by atoms with Gasteiger partial charge in [-0.25, -0.2) is 10.1 Å². The Bertz CT molecular complexity index is 1370. The molecule has 35 heavy (non-hydrogen) atoms. The first kappa shape index (κ1) is 24.6. The fourth-order valence-corrected chi connectivity index (χ4v) is 5.88. The van der Waals surface area contributed by atoms with E-state index in [1.165, 1.54) is 11.6 Å². The molecule has 0 aliphatic heterocycles. The van der Waals surface area contributed by atoms with E-state index in [9.17, 15) is 21.6 Å². The zero-order valence-corrected chi connectivity index (χ0v) is 20.0. The third-order valence-corrected chi connectivity index (χ3v) is 8.02. The molecule has 0 fully saturated rings. The van der Waals surface area contributed by atoms with Crippen LogP contribution in [-0.2, 0) is 22.8 Å². The number of ether oxygens (including phenoxy) is 1. The van der Waals surface area contributed by atoms with Crippen molar-refractivity contribution >= 4 is 27.0 Å². The van der Waals surface area contributed by atoms with Crippen molar-refractivity contribution < 1.29 is 26.3 Å². The molecular weight excluding hydrogens is 505 g/mol. The summed E-state index contributed by atoms with van der Waals surface area (Å²) in [5.74, 6) is 0.231. The Labute approximate surface area is 202 Å². The second-order valence-electron chi connectivity index (χ2n) is 7.61. The Hall–Kier alpha value is -3.52. The highest BCUT2D eigenvalue weighted by atomic mass is 32.2. The molecule has 2 heterocycles. The van der Waals surface area contributed by atoms with Crippen LogP contribution >= 0.6 is 11.3 Å². The quantitative estimate of drug-likeness (QED) is 0.360. The number of tetrazole rings is 1. The molecule has 0 saturated carbocycles. The predicted octanol–water partition coefficient (Wildman–Crippen LogP) is 4.52. The fraction of sp³-hybridized carbons (Fsp3) is 0.238. The van der Waals surface area contributed by atoms with Crippen LogP contribution in [0.5, 0.6) is 5.75 Å². The smallest absolute Gasteiger partial charge is 0.416 e. The minimum Gasteiger partial charge on any atom is -0.487 e. The molecule has 0 saturated heterocycles. The molecule has 2 aromatic heterocycles. The summed E-state index contributed by atoms with van der Waals surface area (Å²) in [6, 6.07) is 8.96. The average Bonchev–Trinajstić information content (AvgIpc) is 3.52. The number of sulfonamides is 1. The van der Waals surface area contributed by atoms with Gasteiger partial charge in [-0.05, 0) is 48.0 Å². The van der Waals surface area contributed by atoms with E-state index in [0.717, 1.165) is 33.8 Å². The Morgan fingerprint density at radius 1 is 1.14 bits per heavy atom. The number of aromatic nitrogens is 5. The molecule has 14 heteroatoms. The molecule has 9 nitrogen and oxygen atoms in total. The highest BCUT2D eigenvalue weighted by Crippen LogP contribution is 2.40. The molecule has 0 unspecified atom stereocenters. The SMILES string of the molecule is CC(C)N(c1ccc(C(F)(F)F)cc1OCc1ccc(-c2nnn[nH]2)cc1)S(=O)(=O)c1nccs1. The zero-order valence-electron chi connectivity index (χ0n) is 18.4. The lowest BCUT2D eigenvalue weighted by molar-refractivity contribution is -0.137. The topological polar surface area (TPSA) is 114 Å². The van der Waals surface area contributed by atoms with E-state index < -0.39 is 27.8 Å². The molecule has 0 aliphatic rings. The van der Waals surface area contributed by atoms with Crippen LogP contribution in [0.15, 0.2) is 58.4 Å². The van der Waals surface area contributed by atoms with Gasteiger partial charge in [0.25, 0.3) is 10.0 Å². The van der Waals surface area contributed by atoms with E-state index in [4.69, 9.17) is 4.74 Å². The van der Waals surface area contributed by atoms with Crippen molar-refractivity contribution in [3.63, 3.8) is 0 Å². The lowest BCUT2D eigenvalue weighted by Crippen LogP contribution is -2.37. The van der Waals surface area contributed by atoms with Gasteiger partial charge in [-0.2, -0.15) is 21.6 Å². The number of thiazole rings is 1. The van der Waals surface area contributed by atoms with Gasteiger partial charge in [0.2, 0.25) is 4.34 Å². The summed E-state index contributed by atoms with van der Waals surface area (Å²) in [5, 5.41) is 15.0. The molecule has 4 aromatic rings. The Balaban J connectivity index is 1.69. The number of aromatic amines is 1. The Morgan fingerprint density at radius 2 is 1.89 bits per heavy atom. The van der Waals surface area contributed by atoms with Crippen LogP contribution in [0.25, 0.3) is 11.4 Å². The van der Waals surface area contributed by atoms with Crippen molar-refractivity contribution in [1.82, 2.24) is 25.6 Å². The van der Waals surface area contributed by atoms with E-state index in [1.807, 2.05) is 0 Å². The fourth-order valence-electron chi connectivity index (χ4n) is 3.30. The summed E-state index contributed by atoms with van der Waals surface area (Å²) in [6.07, 6.45) is -3.29. The highest BCUT2D eigenvalue weighted by Gasteiger charge is 2.35. The van der Waals surface area contributed by atoms with Crippen molar-refractivity contribution in [2.45, 2.75) is 37.0 Å². The van der Waals surface area contributed by atoms with Gasteiger partial charge in [-0.15, -0.1) is 16.4 Å². The van der Waals surface area contributed by atoms with E-state index in [0.29, 0.717) is 17.0 Å². The zero-order chi connectivity index (χ0) is 25.2. The molecule has 0 bridgehead atoms. The Morgan fingerprint density at radius 3 is 2.46 bits per heavy atom. The van der Waals surface area contributed by atoms with Gasteiger partial charge in [0, 0.05) is 23.2 Å². The molecular formula is C21H19F3N6O3S2. The van der Waals surface area contributed by atoms with Crippen LogP contribution in [0.4, 0.5) is 18.9 Å². The number of halogens is 3. The summed E-state index contributed by atoms with van der Waals surface area (Å²) in [6.45, 7) is 3.12. The van der Waals surface area contributed by atoms with Gasteiger partial charge < -0.3 is 4.74 Å². The molecule has 1 N–H and O–H groups in total. The van der Waals surface area contributed by atoms with E-state index in [2.05, 4.69) is 25.6 Å². The lowest BCUT2D eigenvalue weighted by atomic mass is 10.1. The van der Waals surface area contributed by atoms with Crippen molar-refractivity contribution in [1.29, 1.82) is 0 Å². The molecule has 2 aromatic carbocycles. The van der Waals surface area contributed by atoms with Crippen LogP contribution in [0.2, 0.25) is 0 Å². The van der Waals surface area contributed by atoms with Gasteiger partial charge in [-0.3, -0.25) is 4.31 Å². The summed E-state index contributed by atoms with van der Waals surface area (Å²) >= 11 is 0.916. The van der Waals surface area contributed by atoms with E-state index >= 15 is 0 Å². The maximum Gasteiger partial charge on any atom is 0.416 e. The summed E-state index contributed by atoms with van der Waals surface area (Å²) < 4.78 is 73.5. The number of anilines is 1. The lowest BCUT2D eigenvalue weighted by Gasteiger charge is -2.29. The van der Waals surface area contributed by atoms with Gasteiger partial charge in [0.1, 0.15) is 12.4 Å². The van der Waals surface area contributed by atoms with E-state index in [1.54, 1.807) is 38.1 Å². The average molecular weight is 525 g/mol. The van der Waals surface area contributed by atoms with Crippen LogP contribution in [0, 0.1) is 0 Å². The summed E-state index contributed by atoms with van der Waals surface area (Å²) in [7, 11) is -4.14. The van der Waals surface area contributed by atoms with Crippen molar-refractivity contribution in [3.8, 4) is 17.1 Å². The maximum absolute atomic E-state index is 13.4. The number of H-pyrrole nitrogens is 1. The largest absolute Gasteiger partial charge is 0.487 e. The third-order valence-electron chi connectivity index (χ3n) is 4.85. The molecule has 0 aliphatic carbocycles. The predicted molar refractivity (Wildman–Crippen MR) is 122 cm³/mol. The maximum atomic E-state index is 13.4.